The van der Waals surface area contributed by atoms with E-state index in [0.29, 0.717) is 18.5 Å². The second-order valence-corrected chi connectivity index (χ2v) is 3.19. The molecule has 0 aliphatic rings. The second kappa shape index (κ2) is 7.53. The zero-order valence-corrected chi connectivity index (χ0v) is 8.34. The van der Waals surface area contributed by atoms with E-state index in [-0.39, 0.29) is 6.61 Å². The largest absolute Gasteiger partial charge is 0.395 e. The summed E-state index contributed by atoms with van der Waals surface area (Å²) in [4.78, 5) is 0. The van der Waals surface area contributed by atoms with Gasteiger partial charge >= 0.3 is 0 Å². The van der Waals surface area contributed by atoms with Gasteiger partial charge in [0.05, 0.1) is 13.2 Å². The average Bonchev–Trinajstić information content (AvgIpc) is 2.04. The molecular weight excluding hydrogens is 154 g/mol. The molecular formula is C9H21NO2. The minimum Gasteiger partial charge on any atom is -0.395 e. The molecule has 2 N–H and O–H groups in total. The van der Waals surface area contributed by atoms with Crippen molar-refractivity contribution in [2.75, 3.05) is 26.4 Å². The van der Waals surface area contributed by atoms with Crippen molar-refractivity contribution in [3.8, 4) is 0 Å². The molecule has 0 amide bonds. The average molecular weight is 175 g/mol. The van der Waals surface area contributed by atoms with Gasteiger partial charge in [0.2, 0.25) is 0 Å². The molecule has 0 radical (unpaired) electrons. The number of hydrogen-bond donors (Lipinski definition) is 2. The topological polar surface area (TPSA) is 41.5 Å². The fourth-order valence-corrected chi connectivity index (χ4v) is 0.982. The molecule has 3 heteroatoms. The van der Waals surface area contributed by atoms with Gasteiger partial charge in [-0.05, 0) is 12.8 Å². The molecule has 1 unspecified atom stereocenters. The van der Waals surface area contributed by atoms with E-state index in [4.69, 9.17) is 9.84 Å². The van der Waals surface area contributed by atoms with Crippen molar-refractivity contribution >= 4 is 0 Å². The Morgan fingerprint density at radius 1 is 1.42 bits per heavy atom. The monoisotopic (exact) mass is 175 g/mol. The molecule has 0 aromatic heterocycles. The van der Waals surface area contributed by atoms with Crippen LogP contribution in [0.25, 0.3) is 0 Å². The molecule has 0 aliphatic carbocycles. The van der Waals surface area contributed by atoms with E-state index in [1.165, 1.54) is 0 Å². The third-order valence-electron chi connectivity index (χ3n) is 1.82. The first kappa shape index (κ1) is 11.9. The summed E-state index contributed by atoms with van der Waals surface area (Å²) in [5.74, 6) is 0.545. The van der Waals surface area contributed by atoms with Gasteiger partial charge in [0.25, 0.3) is 0 Å². The van der Waals surface area contributed by atoms with Crippen LogP contribution in [0.2, 0.25) is 0 Å². The van der Waals surface area contributed by atoms with E-state index in [9.17, 15) is 0 Å². The summed E-state index contributed by atoms with van der Waals surface area (Å²) in [5.41, 5.74) is 0. The van der Waals surface area contributed by atoms with E-state index in [1.807, 2.05) is 6.92 Å². The van der Waals surface area contributed by atoms with Crippen molar-refractivity contribution < 1.29 is 9.84 Å². The molecule has 0 saturated carbocycles. The van der Waals surface area contributed by atoms with Gasteiger partial charge in [0.1, 0.15) is 0 Å². The van der Waals surface area contributed by atoms with E-state index in [0.717, 1.165) is 13.2 Å². The molecule has 0 heterocycles. The summed E-state index contributed by atoms with van der Waals surface area (Å²) in [7, 11) is 0. The molecule has 0 bridgehead atoms. The molecule has 1 atom stereocenters. The van der Waals surface area contributed by atoms with Gasteiger partial charge in [0, 0.05) is 19.2 Å². The minimum atomic E-state index is 0.190. The van der Waals surface area contributed by atoms with Gasteiger partial charge < -0.3 is 15.2 Å². The molecule has 0 aromatic carbocycles. The van der Waals surface area contributed by atoms with Gasteiger partial charge in [-0.2, -0.15) is 0 Å². The fourth-order valence-electron chi connectivity index (χ4n) is 0.982. The molecule has 0 saturated heterocycles. The molecule has 3 nitrogen and oxygen atoms in total. The number of hydrogen-bond acceptors (Lipinski definition) is 3. The highest BCUT2D eigenvalue weighted by atomic mass is 16.5. The van der Waals surface area contributed by atoms with Crippen LogP contribution >= 0.6 is 0 Å². The highest BCUT2D eigenvalue weighted by Gasteiger charge is 2.11. The van der Waals surface area contributed by atoms with Gasteiger partial charge in [-0.15, -0.1) is 0 Å². The third kappa shape index (κ3) is 5.52. The predicted octanol–water partition coefficient (Wildman–Crippen LogP) is 0.629. The van der Waals surface area contributed by atoms with Crippen LogP contribution in [0.4, 0.5) is 0 Å². The predicted molar refractivity (Wildman–Crippen MR) is 50.2 cm³/mol. The normalized spacial score (nSPS) is 13.8. The highest BCUT2D eigenvalue weighted by Crippen LogP contribution is 2.01. The summed E-state index contributed by atoms with van der Waals surface area (Å²) in [6.45, 7) is 8.61. The van der Waals surface area contributed by atoms with Crippen LogP contribution in [0.3, 0.4) is 0 Å². The lowest BCUT2D eigenvalue weighted by Crippen LogP contribution is -2.39. The quantitative estimate of drug-likeness (QED) is 0.596. The van der Waals surface area contributed by atoms with Crippen LogP contribution in [-0.2, 0) is 4.74 Å². The zero-order valence-electron chi connectivity index (χ0n) is 8.34. The molecule has 0 fully saturated rings. The number of nitrogens with one attached hydrogen (secondary N) is 1. The fraction of sp³-hybridized carbons (Fsp3) is 1.00. The lowest BCUT2D eigenvalue weighted by molar-refractivity contribution is 0.106. The molecule has 0 aromatic rings. The van der Waals surface area contributed by atoms with Crippen molar-refractivity contribution in [1.82, 2.24) is 5.32 Å². The molecule has 0 aliphatic heterocycles. The maximum atomic E-state index is 8.62. The number of rotatable bonds is 7. The van der Waals surface area contributed by atoms with Crippen LogP contribution in [0.15, 0.2) is 0 Å². The Bertz CT molecular complexity index is 88.5. The van der Waals surface area contributed by atoms with Crippen LogP contribution in [0.5, 0.6) is 0 Å². The number of aliphatic hydroxyl groups excluding tert-OH is 1. The lowest BCUT2D eigenvalue weighted by atomic mass is 10.1. The van der Waals surface area contributed by atoms with Gasteiger partial charge in [0.15, 0.2) is 0 Å². The van der Waals surface area contributed by atoms with Crippen molar-refractivity contribution in [2.24, 2.45) is 5.92 Å². The first-order valence-corrected chi connectivity index (χ1v) is 4.64. The van der Waals surface area contributed by atoms with Crippen molar-refractivity contribution in [3.05, 3.63) is 0 Å². The Morgan fingerprint density at radius 2 is 2.08 bits per heavy atom. The van der Waals surface area contributed by atoms with Crippen LogP contribution < -0.4 is 5.32 Å². The Kier molecular flexibility index (Phi) is 7.45. The SMILES string of the molecule is CCOCC(NCCO)C(C)C. The Labute approximate surface area is 75.1 Å². The number of aliphatic hydroxyl groups is 1. The summed E-state index contributed by atoms with van der Waals surface area (Å²) in [5, 5.41) is 11.8. The Balaban J connectivity index is 3.55. The van der Waals surface area contributed by atoms with E-state index in [1.54, 1.807) is 0 Å². The molecule has 12 heavy (non-hydrogen) atoms. The van der Waals surface area contributed by atoms with Crippen molar-refractivity contribution in [3.63, 3.8) is 0 Å². The molecule has 0 spiro atoms. The minimum absolute atomic E-state index is 0.190. The van der Waals surface area contributed by atoms with Crippen LogP contribution in [-0.4, -0.2) is 37.5 Å². The zero-order chi connectivity index (χ0) is 9.40. The second-order valence-electron chi connectivity index (χ2n) is 3.19. The maximum Gasteiger partial charge on any atom is 0.0621 e. The van der Waals surface area contributed by atoms with Crippen molar-refractivity contribution in [1.29, 1.82) is 0 Å². The third-order valence-corrected chi connectivity index (χ3v) is 1.82. The summed E-state index contributed by atoms with van der Waals surface area (Å²) >= 11 is 0. The first-order valence-electron chi connectivity index (χ1n) is 4.64. The Morgan fingerprint density at radius 3 is 2.50 bits per heavy atom. The van der Waals surface area contributed by atoms with Gasteiger partial charge in [-0.25, -0.2) is 0 Å². The van der Waals surface area contributed by atoms with Gasteiger partial charge in [-0.1, -0.05) is 13.8 Å². The maximum absolute atomic E-state index is 8.62. The standard InChI is InChI=1S/C9H21NO2/c1-4-12-7-9(8(2)3)10-5-6-11/h8-11H,4-7H2,1-3H3. The van der Waals surface area contributed by atoms with Gasteiger partial charge in [-0.3, -0.25) is 0 Å². The Hall–Kier alpha value is -0.120. The van der Waals surface area contributed by atoms with Crippen LogP contribution in [0.1, 0.15) is 20.8 Å². The summed E-state index contributed by atoms with van der Waals surface area (Å²) in [6, 6.07) is 0.358. The van der Waals surface area contributed by atoms with Crippen molar-refractivity contribution in [2.45, 2.75) is 26.8 Å². The smallest absolute Gasteiger partial charge is 0.0621 e. The summed E-state index contributed by atoms with van der Waals surface area (Å²) < 4.78 is 5.31. The van der Waals surface area contributed by atoms with E-state index < -0.39 is 0 Å². The lowest BCUT2D eigenvalue weighted by Gasteiger charge is -2.21. The highest BCUT2D eigenvalue weighted by molar-refractivity contribution is 4.69. The van der Waals surface area contributed by atoms with E-state index in [2.05, 4.69) is 19.2 Å². The summed E-state index contributed by atoms with van der Waals surface area (Å²) in [6.07, 6.45) is 0. The molecule has 0 rings (SSSR count). The first-order chi connectivity index (χ1) is 5.72. The van der Waals surface area contributed by atoms with Crippen LogP contribution in [0, 0.1) is 5.92 Å². The molecule has 74 valence electrons. The van der Waals surface area contributed by atoms with E-state index >= 15 is 0 Å². The number of ether oxygens (including phenoxy) is 1.